The second-order valence-corrected chi connectivity index (χ2v) is 6.55. The fraction of sp³-hybridized carbons (Fsp3) is 0.222. The van der Waals surface area contributed by atoms with E-state index in [1.165, 1.54) is 5.56 Å². The van der Waals surface area contributed by atoms with Crippen LogP contribution in [-0.2, 0) is 13.0 Å². The lowest BCUT2D eigenvalue weighted by molar-refractivity contribution is 0.412. The van der Waals surface area contributed by atoms with Crippen LogP contribution < -0.4 is 4.74 Å². The number of aromatic nitrogens is 3. The van der Waals surface area contributed by atoms with Crippen LogP contribution in [0.15, 0.2) is 53.0 Å². The monoisotopic (exact) mass is 369 g/mol. The number of halogens is 1. The number of rotatable bonds is 3. The fourth-order valence-corrected chi connectivity index (χ4v) is 3.44. The molecule has 1 atom stereocenters. The molecule has 1 aliphatic heterocycles. The van der Waals surface area contributed by atoms with Gasteiger partial charge in [0.1, 0.15) is 11.6 Å². The minimum atomic E-state index is 0.472. The maximum absolute atomic E-state index is 5.35. The molecule has 0 aliphatic carbocycles. The summed E-state index contributed by atoms with van der Waals surface area (Å²) in [6, 6.07) is 16.5. The van der Waals surface area contributed by atoms with Gasteiger partial charge in [0.15, 0.2) is 5.82 Å². The van der Waals surface area contributed by atoms with Crippen molar-refractivity contribution in [1.29, 1.82) is 0 Å². The molecule has 5 heteroatoms. The van der Waals surface area contributed by atoms with Crippen molar-refractivity contribution < 1.29 is 4.74 Å². The number of benzene rings is 2. The van der Waals surface area contributed by atoms with E-state index in [-0.39, 0.29) is 0 Å². The molecule has 116 valence electrons. The summed E-state index contributed by atoms with van der Waals surface area (Å²) >= 11 is 3.47. The van der Waals surface area contributed by atoms with Crippen molar-refractivity contribution in [3.63, 3.8) is 0 Å². The Morgan fingerprint density at radius 1 is 1.17 bits per heavy atom. The van der Waals surface area contributed by atoms with Crippen molar-refractivity contribution in [2.24, 2.45) is 0 Å². The minimum Gasteiger partial charge on any atom is -0.496 e. The highest BCUT2D eigenvalue weighted by molar-refractivity contribution is 9.10. The van der Waals surface area contributed by atoms with Gasteiger partial charge in [-0.1, -0.05) is 30.3 Å². The van der Waals surface area contributed by atoms with Crippen molar-refractivity contribution >= 4 is 15.9 Å². The molecular weight excluding hydrogens is 354 g/mol. The zero-order valence-corrected chi connectivity index (χ0v) is 14.3. The molecule has 23 heavy (non-hydrogen) atoms. The molecule has 0 saturated carbocycles. The normalized spacial score (nSPS) is 16.3. The van der Waals surface area contributed by atoms with Crippen LogP contribution in [0.4, 0.5) is 0 Å². The number of hydrogen-bond acceptors (Lipinski definition) is 3. The molecule has 0 amide bonds. The van der Waals surface area contributed by atoms with Gasteiger partial charge in [-0.2, -0.15) is 5.10 Å². The molecule has 2 heterocycles. The first-order valence-electron chi connectivity index (χ1n) is 7.57. The molecule has 1 aromatic heterocycles. The van der Waals surface area contributed by atoms with Crippen molar-refractivity contribution in [1.82, 2.24) is 14.8 Å². The van der Waals surface area contributed by atoms with E-state index in [2.05, 4.69) is 45.3 Å². The van der Waals surface area contributed by atoms with Gasteiger partial charge in [0, 0.05) is 17.9 Å². The van der Waals surface area contributed by atoms with E-state index in [0.29, 0.717) is 5.92 Å². The van der Waals surface area contributed by atoms with E-state index in [4.69, 9.17) is 9.72 Å². The zero-order chi connectivity index (χ0) is 15.8. The highest BCUT2D eigenvalue weighted by Crippen LogP contribution is 2.32. The molecule has 0 saturated heterocycles. The lowest BCUT2D eigenvalue weighted by Gasteiger charge is -2.08. The average molecular weight is 370 g/mol. The first-order valence-corrected chi connectivity index (χ1v) is 8.36. The van der Waals surface area contributed by atoms with Gasteiger partial charge in [0.25, 0.3) is 0 Å². The van der Waals surface area contributed by atoms with Gasteiger partial charge in [0.2, 0.25) is 0 Å². The standard InChI is InChI=1S/C18H16BrN3O/c1-23-16-9-13(7-8-15(16)19)18-20-17-10-14(11-22(17)21-18)12-5-3-2-4-6-12/h2-9,14H,10-11H2,1H3. The van der Waals surface area contributed by atoms with Gasteiger partial charge in [-0.3, -0.25) is 0 Å². The number of fused-ring (bicyclic) bond motifs is 1. The smallest absolute Gasteiger partial charge is 0.181 e. The van der Waals surface area contributed by atoms with E-state index in [9.17, 15) is 0 Å². The van der Waals surface area contributed by atoms with Gasteiger partial charge in [-0.15, -0.1) is 0 Å². The quantitative estimate of drug-likeness (QED) is 0.698. The molecule has 1 unspecified atom stereocenters. The van der Waals surface area contributed by atoms with Crippen LogP contribution in [0.25, 0.3) is 11.4 Å². The summed E-state index contributed by atoms with van der Waals surface area (Å²) in [6.07, 6.45) is 0.935. The van der Waals surface area contributed by atoms with Gasteiger partial charge >= 0.3 is 0 Å². The van der Waals surface area contributed by atoms with E-state index in [1.54, 1.807) is 7.11 Å². The SMILES string of the molecule is COc1cc(-c2nc3n(n2)CC(c2ccccc2)C3)ccc1Br. The van der Waals surface area contributed by atoms with Crippen LogP contribution in [0.5, 0.6) is 5.75 Å². The van der Waals surface area contributed by atoms with Crippen LogP contribution in [0.3, 0.4) is 0 Å². The molecule has 2 aromatic carbocycles. The Hall–Kier alpha value is -2.14. The maximum atomic E-state index is 5.35. The molecule has 4 nitrogen and oxygen atoms in total. The van der Waals surface area contributed by atoms with E-state index in [0.717, 1.165) is 40.4 Å². The van der Waals surface area contributed by atoms with E-state index < -0.39 is 0 Å². The lowest BCUT2D eigenvalue weighted by Crippen LogP contribution is -2.02. The summed E-state index contributed by atoms with van der Waals surface area (Å²) in [5.41, 5.74) is 2.33. The van der Waals surface area contributed by atoms with Gasteiger partial charge in [-0.05, 0) is 39.7 Å². The first kappa shape index (κ1) is 14.5. The van der Waals surface area contributed by atoms with Crippen LogP contribution in [-0.4, -0.2) is 21.9 Å². The molecule has 1 aliphatic rings. The maximum Gasteiger partial charge on any atom is 0.181 e. The Kier molecular flexibility index (Phi) is 3.65. The van der Waals surface area contributed by atoms with E-state index >= 15 is 0 Å². The first-order chi connectivity index (χ1) is 11.2. The predicted octanol–water partition coefficient (Wildman–Crippen LogP) is 4.06. The Balaban J connectivity index is 1.60. The molecule has 0 bridgehead atoms. The van der Waals surface area contributed by atoms with Crippen molar-refractivity contribution in [3.8, 4) is 17.1 Å². The second kappa shape index (κ2) is 5.81. The van der Waals surface area contributed by atoms with Gasteiger partial charge < -0.3 is 4.74 Å². The Labute approximate surface area is 143 Å². The highest BCUT2D eigenvalue weighted by atomic mass is 79.9. The molecule has 0 spiro atoms. The summed E-state index contributed by atoms with van der Waals surface area (Å²) < 4.78 is 8.31. The van der Waals surface area contributed by atoms with Crippen LogP contribution in [0.2, 0.25) is 0 Å². The van der Waals surface area contributed by atoms with Crippen molar-refractivity contribution in [2.75, 3.05) is 7.11 Å². The van der Waals surface area contributed by atoms with Crippen LogP contribution in [0, 0.1) is 0 Å². The fourth-order valence-electron chi connectivity index (χ4n) is 3.03. The Morgan fingerprint density at radius 2 is 2.00 bits per heavy atom. The number of methoxy groups -OCH3 is 1. The lowest BCUT2D eigenvalue weighted by atomic mass is 9.98. The van der Waals surface area contributed by atoms with Crippen LogP contribution >= 0.6 is 15.9 Å². The molecular formula is C18H16BrN3O. The third kappa shape index (κ3) is 2.65. The molecule has 3 aromatic rings. The van der Waals surface area contributed by atoms with Gasteiger partial charge in [-0.25, -0.2) is 9.67 Å². The Morgan fingerprint density at radius 3 is 2.74 bits per heavy atom. The summed E-state index contributed by atoms with van der Waals surface area (Å²) in [7, 11) is 1.66. The predicted molar refractivity (Wildman–Crippen MR) is 92.6 cm³/mol. The number of nitrogens with zero attached hydrogens (tertiary/aromatic N) is 3. The largest absolute Gasteiger partial charge is 0.496 e. The van der Waals surface area contributed by atoms with Crippen LogP contribution in [0.1, 0.15) is 17.3 Å². The molecule has 4 rings (SSSR count). The summed E-state index contributed by atoms with van der Waals surface area (Å²) in [4.78, 5) is 4.72. The topological polar surface area (TPSA) is 39.9 Å². The van der Waals surface area contributed by atoms with E-state index in [1.807, 2.05) is 28.9 Å². The molecule has 0 fully saturated rings. The summed E-state index contributed by atoms with van der Waals surface area (Å²) in [6.45, 7) is 0.889. The second-order valence-electron chi connectivity index (χ2n) is 5.69. The number of hydrogen-bond donors (Lipinski definition) is 0. The minimum absolute atomic E-state index is 0.472. The average Bonchev–Trinajstić information content (AvgIpc) is 3.15. The van der Waals surface area contributed by atoms with Gasteiger partial charge in [0.05, 0.1) is 18.1 Å². The summed E-state index contributed by atoms with van der Waals surface area (Å²) in [5, 5.41) is 4.68. The van der Waals surface area contributed by atoms with Crippen molar-refractivity contribution in [3.05, 3.63) is 64.4 Å². The highest BCUT2D eigenvalue weighted by Gasteiger charge is 2.26. The van der Waals surface area contributed by atoms with Crippen molar-refractivity contribution in [2.45, 2.75) is 18.9 Å². The Bertz CT molecular complexity index is 821. The zero-order valence-electron chi connectivity index (χ0n) is 12.7. The third-order valence-electron chi connectivity index (χ3n) is 4.25. The molecule has 0 radical (unpaired) electrons. The third-order valence-corrected chi connectivity index (χ3v) is 4.91. The summed E-state index contributed by atoms with van der Waals surface area (Å²) in [5.74, 6) is 3.08. The molecule has 0 N–H and O–H groups in total. The number of ether oxygens (including phenoxy) is 1.